The van der Waals surface area contributed by atoms with Gasteiger partial charge in [0, 0.05) is 12.3 Å². The van der Waals surface area contributed by atoms with Gasteiger partial charge in [-0.05, 0) is 13.3 Å². The molecule has 9 heavy (non-hydrogen) atoms. The molecule has 0 heterocycles. The average molecular weight is 127 g/mol. The van der Waals surface area contributed by atoms with Crippen molar-refractivity contribution >= 4 is 5.78 Å². The maximum atomic E-state index is 10.8. The molecule has 0 fully saturated rings. The molecule has 1 atom stereocenters. The molecule has 0 saturated heterocycles. The summed E-state index contributed by atoms with van der Waals surface area (Å²) in [6.45, 7) is 7.60. The lowest BCUT2D eigenvalue weighted by atomic mass is 10.00. The number of ketones is 1. The summed E-state index contributed by atoms with van der Waals surface area (Å²) >= 11 is 0. The van der Waals surface area contributed by atoms with E-state index < -0.39 is 0 Å². The molecular formula is C8H15O. The fraction of sp³-hybridized carbons (Fsp3) is 0.750. The molecule has 0 aliphatic rings. The average Bonchev–Trinajstić information content (AvgIpc) is 1.87. The Morgan fingerprint density at radius 3 is 2.56 bits per heavy atom. The van der Waals surface area contributed by atoms with Crippen LogP contribution in [0.4, 0.5) is 0 Å². The van der Waals surface area contributed by atoms with Gasteiger partial charge in [0.2, 0.25) is 0 Å². The van der Waals surface area contributed by atoms with Gasteiger partial charge in [-0.1, -0.05) is 20.3 Å². The van der Waals surface area contributed by atoms with Crippen molar-refractivity contribution in [3.63, 3.8) is 0 Å². The highest BCUT2D eigenvalue weighted by Crippen LogP contribution is 2.07. The summed E-state index contributed by atoms with van der Waals surface area (Å²) in [6, 6.07) is 0. The topological polar surface area (TPSA) is 17.1 Å². The molecule has 1 heteroatoms. The lowest BCUT2D eigenvalue weighted by Crippen LogP contribution is -2.08. The first kappa shape index (κ1) is 8.67. The third kappa shape index (κ3) is 3.28. The van der Waals surface area contributed by atoms with Crippen molar-refractivity contribution in [2.24, 2.45) is 5.92 Å². The monoisotopic (exact) mass is 127 g/mol. The Kier molecular flexibility index (Phi) is 4.37. The predicted octanol–water partition coefficient (Wildman–Crippen LogP) is 2.22. The van der Waals surface area contributed by atoms with Crippen molar-refractivity contribution in [2.45, 2.75) is 33.1 Å². The van der Waals surface area contributed by atoms with E-state index in [9.17, 15) is 4.79 Å². The van der Waals surface area contributed by atoms with E-state index in [0.717, 1.165) is 12.8 Å². The van der Waals surface area contributed by atoms with Crippen LogP contribution in [0.1, 0.15) is 33.1 Å². The third-order valence-electron chi connectivity index (χ3n) is 1.52. The third-order valence-corrected chi connectivity index (χ3v) is 1.52. The summed E-state index contributed by atoms with van der Waals surface area (Å²) in [5, 5.41) is 0. The molecule has 53 valence electrons. The molecule has 0 amide bonds. The molecule has 0 spiro atoms. The van der Waals surface area contributed by atoms with Crippen molar-refractivity contribution in [2.75, 3.05) is 0 Å². The van der Waals surface area contributed by atoms with E-state index >= 15 is 0 Å². The molecular weight excluding hydrogens is 112 g/mol. The van der Waals surface area contributed by atoms with Crippen LogP contribution in [0.3, 0.4) is 0 Å². The lowest BCUT2D eigenvalue weighted by molar-refractivity contribution is -0.121. The number of rotatable bonds is 4. The van der Waals surface area contributed by atoms with Gasteiger partial charge < -0.3 is 0 Å². The maximum absolute atomic E-state index is 10.8. The van der Waals surface area contributed by atoms with Crippen LogP contribution in [0.5, 0.6) is 0 Å². The molecule has 1 unspecified atom stereocenters. The standard InChI is InChI=1S/C8H15O/c1-4-6-7(3)8(9)5-2/h7H,2,4-6H2,1,3H3. The Morgan fingerprint density at radius 2 is 2.22 bits per heavy atom. The summed E-state index contributed by atoms with van der Waals surface area (Å²) in [5.41, 5.74) is 0. The first-order valence-electron chi connectivity index (χ1n) is 3.54. The first-order valence-corrected chi connectivity index (χ1v) is 3.54. The molecule has 1 nitrogen and oxygen atoms in total. The highest BCUT2D eigenvalue weighted by molar-refractivity contribution is 5.80. The van der Waals surface area contributed by atoms with E-state index in [0.29, 0.717) is 6.42 Å². The van der Waals surface area contributed by atoms with E-state index in [1.807, 2.05) is 6.92 Å². The van der Waals surface area contributed by atoms with Gasteiger partial charge in [-0.15, -0.1) is 0 Å². The Bertz CT molecular complexity index is 86.6. The summed E-state index contributed by atoms with van der Waals surface area (Å²) in [7, 11) is 0. The molecule has 0 N–H and O–H groups in total. The number of carbonyl (C=O) groups excluding carboxylic acids is 1. The van der Waals surface area contributed by atoms with Gasteiger partial charge in [0.25, 0.3) is 0 Å². The largest absolute Gasteiger partial charge is 0.299 e. The summed E-state index contributed by atoms with van der Waals surface area (Å²) in [5.74, 6) is 0.518. The van der Waals surface area contributed by atoms with Crippen LogP contribution in [0.2, 0.25) is 0 Å². The second-order valence-electron chi connectivity index (χ2n) is 2.41. The molecule has 0 bridgehead atoms. The van der Waals surface area contributed by atoms with Gasteiger partial charge in [0.05, 0.1) is 0 Å². The molecule has 0 aromatic carbocycles. The second kappa shape index (κ2) is 4.54. The number of Topliss-reactive ketones (excluding diaryl/α,β-unsaturated/α-hetero) is 1. The van der Waals surface area contributed by atoms with E-state index in [-0.39, 0.29) is 11.7 Å². The SMILES string of the molecule is [CH2]CC(=O)C(C)CCC. The highest BCUT2D eigenvalue weighted by Gasteiger charge is 2.07. The minimum atomic E-state index is 0.229. The second-order valence-corrected chi connectivity index (χ2v) is 2.41. The molecule has 0 aromatic rings. The number of hydrogen-bond acceptors (Lipinski definition) is 1. The number of carbonyl (C=O) groups is 1. The van der Waals surface area contributed by atoms with E-state index in [1.54, 1.807) is 0 Å². The Hall–Kier alpha value is -0.330. The van der Waals surface area contributed by atoms with Crippen LogP contribution in [0.15, 0.2) is 0 Å². The van der Waals surface area contributed by atoms with Gasteiger partial charge in [-0.25, -0.2) is 0 Å². The summed E-state index contributed by atoms with van der Waals surface area (Å²) < 4.78 is 0. The zero-order valence-electron chi connectivity index (χ0n) is 6.31. The maximum Gasteiger partial charge on any atom is 0.135 e. The Balaban J connectivity index is 3.45. The summed E-state index contributed by atoms with van der Waals surface area (Å²) in [4.78, 5) is 10.8. The Morgan fingerprint density at radius 1 is 1.67 bits per heavy atom. The van der Waals surface area contributed by atoms with E-state index in [2.05, 4.69) is 13.8 Å². The predicted molar refractivity (Wildman–Crippen MR) is 39.1 cm³/mol. The normalized spacial score (nSPS) is 13.2. The van der Waals surface area contributed by atoms with Crippen molar-refractivity contribution in [1.82, 2.24) is 0 Å². The van der Waals surface area contributed by atoms with Gasteiger partial charge >= 0.3 is 0 Å². The zero-order valence-corrected chi connectivity index (χ0v) is 6.31. The van der Waals surface area contributed by atoms with Crippen molar-refractivity contribution in [3.8, 4) is 0 Å². The molecule has 0 aliphatic heterocycles. The molecule has 0 aromatic heterocycles. The van der Waals surface area contributed by atoms with Crippen molar-refractivity contribution in [3.05, 3.63) is 6.92 Å². The number of hydrogen-bond donors (Lipinski definition) is 0. The van der Waals surface area contributed by atoms with Crippen LogP contribution in [0.25, 0.3) is 0 Å². The van der Waals surface area contributed by atoms with E-state index in [4.69, 9.17) is 0 Å². The highest BCUT2D eigenvalue weighted by atomic mass is 16.1. The summed E-state index contributed by atoms with van der Waals surface area (Å²) in [6.07, 6.45) is 2.54. The van der Waals surface area contributed by atoms with Crippen LogP contribution in [0, 0.1) is 12.8 Å². The quantitative estimate of drug-likeness (QED) is 0.566. The molecule has 0 aliphatic carbocycles. The van der Waals surface area contributed by atoms with Crippen molar-refractivity contribution in [1.29, 1.82) is 0 Å². The van der Waals surface area contributed by atoms with Crippen LogP contribution in [-0.2, 0) is 4.79 Å². The van der Waals surface area contributed by atoms with Gasteiger partial charge in [-0.3, -0.25) is 4.79 Å². The van der Waals surface area contributed by atoms with Crippen LogP contribution in [-0.4, -0.2) is 5.78 Å². The van der Waals surface area contributed by atoms with Crippen molar-refractivity contribution < 1.29 is 4.79 Å². The van der Waals surface area contributed by atoms with E-state index in [1.165, 1.54) is 0 Å². The minimum absolute atomic E-state index is 0.229. The lowest BCUT2D eigenvalue weighted by Gasteiger charge is -2.04. The fourth-order valence-electron chi connectivity index (χ4n) is 0.840. The first-order chi connectivity index (χ1) is 4.22. The van der Waals surface area contributed by atoms with Gasteiger partial charge in [0.1, 0.15) is 5.78 Å². The fourth-order valence-corrected chi connectivity index (χ4v) is 0.840. The molecule has 1 radical (unpaired) electrons. The minimum Gasteiger partial charge on any atom is -0.299 e. The van der Waals surface area contributed by atoms with Crippen LogP contribution < -0.4 is 0 Å². The zero-order chi connectivity index (χ0) is 7.28. The van der Waals surface area contributed by atoms with Gasteiger partial charge in [-0.2, -0.15) is 0 Å². The smallest absolute Gasteiger partial charge is 0.135 e. The van der Waals surface area contributed by atoms with Crippen LogP contribution >= 0.6 is 0 Å². The molecule has 0 rings (SSSR count). The Labute approximate surface area is 57.5 Å². The molecule has 0 saturated carbocycles. The van der Waals surface area contributed by atoms with Gasteiger partial charge in [0.15, 0.2) is 0 Å².